The molecule has 1 N–H and O–H groups in total. The van der Waals surface area contributed by atoms with E-state index in [1.165, 1.54) is 17.4 Å². The topological polar surface area (TPSA) is 99.0 Å². The van der Waals surface area contributed by atoms with Crippen molar-refractivity contribution in [3.63, 3.8) is 0 Å². The highest BCUT2D eigenvalue weighted by Gasteiger charge is 2.18. The standard InChI is InChI=1S/C21H21N3O5/c1-14-7-6-10-24-19(26)11-16(23-20(14)24)12-29-21(27)15(2)22-18(25)13-28-17-8-4-3-5-9-17/h3-11,15H,12-13H2,1-2H3,(H,22,25)/t15-/m0/s1. The van der Waals surface area contributed by atoms with Gasteiger partial charge in [0.25, 0.3) is 11.5 Å². The van der Waals surface area contributed by atoms with Crippen molar-refractivity contribution in [2.75, 3.05) is 6.61 Å². The van der Waals surface area contributed by atoms with Gasteiger partial charge in [0.2, 0.25) is 0 Å². The van der Waals surface area contributed by atoms with Crippen LogP contribution in [0, 0.1) is 6.92 Å². The van der Waals surface area contributed by atoms with Gasteiger partial charge in [0, 0.05) is 12.3 Å². The van der Waals surface area contributed by atoms with Crippen molar-refractivity contribution >= 4 is 17.5 Å². The van der Waals surface area contributed by atoms with E-state index >= 15 is 0 Å². The second kappa shape index (κ2) is 9.01. The number of hydrogen-bond acceptors (Lipinski definition) is 6. The molecule has 3 aromatic rings. The van der Waals surface area contributed by atoms with Crippen LogP contribution in [-0.2, 0) is 20.9 Å². The molecule has 0 saturated carbocycles. The van der Waals surface area contributed by atoms with Gasteiger partial charge in [0.1, 0.15) is 24.0 Å². The maximum atomic E-state index is 12.2. The summed E-state index contributed by atoms with van der Waals surface area (Å²) in [6.45, 7) is 2.96. The molecule has 0 radical (unpaired) electrons. The molecule has 0 saturated heterocycles. The van der Waals surface area contributed by atoms with Crippen LogP contribution in [-0.4, -0.2) is 33.9 Å². The maximum absolute atomic E-state index is 12.2. The van der Waals surface area contributed by atoms with Gasteiger partial charge in [-0.25, -0.2) is 9.78 Å². The molecule has 29 heavy (non-hydrogen) atoms. The molecule has 2 aromatic heterocycles. The van der Waals surface area contributed by atoms with Crippen LogP contribution in [0.4, 0.5) is 0 Å². The maximum Gasteiger partial charge on any atom is 0.328 e. The van der Waals surface area contributed by atoms with Gasteiger partial charge in [-0.1, -0.05) is 24.3 Å². The van der Waals surface area contributed by atoms with Gasteiger partial charge in [0.05, 0.1) is 5.69 Å². The van der Waals surface area contributed by atoms with Crippen LogP contribution in [0.1, 0.15) is 18.2 Å². The lowest BCUT2D eigenvalue weighted by Gasteiger charge is -2.14. The van der Waals surface area contributed by atoms with Crippen molar-refractivity contribution < 1.29 is 19.1 Å². The average Bonchev–Trinajstić information content (AvgIpc) is 2.72. The van der Waals surface area contributed by atoms with Crippen molar-refractivity contribution in [3.05, 3.63) is 76.3 Å². The molecular formula is C21H21N3O5. The Balaban J connectivity index is 1.53. The van der Waals surface area contributed by atoms with E-state index in [1.54, 1.807) is 36.5 Å². The van der Waals surface area contributed by atoms with Crippen LogP contribution >= 0.6 is 0 Å². The number of hydrogen-bond donors (Lipinski definition) is 1. The van der Waals surface area contributed by atoms with Crippen molar-refractivity contribution in [2.45, 2.75) is 26.5 Å². The number of carbonyl (C=O) groups is 2. The number of nitrogens with one attached hydrogen (secondary N) is 1. The molecule has 150 valence electrons. The summed E-state index contributed by atoms with van der Waals surface area (Å²) in [6, 6.07) is 12.9. The zero-order valence-corrected chi connectivity index (χ0v) is 16.1. The van der Waals surface area contributed by atoms with Gasteiger partial charge in [-0.2, -0.15) is 0 Å². The quantitative estimate of drug-likeness (QED) is 0.611. The van der Waals surface area contributed by atoms with E-state index in [0.717, 1.165) is 5.56 Å². The number of para-hydroxylation sites is 1. The number of pyridine rings is 1. The molecule has 0 aliphatic carbocycles. The number of carbonyl (C=O) groups excluding carboxylic acids is 2. The molecule has 0 bridgehead atoms. The van der Waals surface area contributed by atoms with Gasteiger partial charge in [-0.3, -0.25) is 14.0 Å². The first-order valence-electron chi connectivity index (χ1n) is 9.06. The van der Waals surface area contributed by atoms with Crippen LogP contribution in [0.5, 0.6) is 5.75 Å². The molecule has 0 aliphatic rings. The van der Waals surface area contributed by atoms with Gasteiger partial charge >= 0.3 is 5.97 Å². The summed E-state index contributed by atoms with van der Waals surface area (Å²) in [5.74, 6) is -0.525. The molecule has 0 spiro atoms. The van der Waals surface area contributed by atoms with E-state index in [0.29, 0.717) is 17.1 Å². The van der Waals surface area contributed by atoms with Crippen molar-refractivity contribution in [1.29, 1.82) is 0 Å². The monoisotopic (exact) mass is 395 g/mol. The lowest BCUT2D eigenvalue weighted by molar-refractivity contribution is -0.148. The van der Waals surface area contributed by atoms with Crippen LogP contribution in [0.2, 0.25) is 0 Å². The third kappa shape index (κ3) is 5.19. The Labute approximate surface area is 167 Å². The van der Waals surface area contributed by atoms with Crippen LogP contribution < -0.4 is 15.6 Å². The summed E-state index contributed by atoms with van der Waals surface area (Å²) >= 11 is 0. The Morgan fingerprint density at radius 1 is 1.17 bits per heavy atom. The highest BCUT2D eigenvalue weighted by Crippen LogP contribution is 2.08. The normalized spacial score (nSPS) is 11.7. The summed E-state index contributed by atoms with van der Waals surface area (Å²) in [6.07, 6.45) is 1.63. The fourth-order valence-corrected chi connectivity index (χ4v) is 2.66. The van der Waals surface area contributed by atoms with Crippen molar-refractivity contribution in [2.24, 2.45) is 0 Å². The molecule has 1 amide bonds. The van der Waals surface area contributed by atoms with Crippen molar-refractivity contribution in [1.82, 2.24) is 14.7 Å². The smallest absolute Gasteiger partial charge is 0.328 e. The fraction of sp³-hybridized carbons (Fsp3) is 0.238. The Bertz CT molecular complexity index is 1080. The summed E-state index contributed by atoms with van der Waals surface area (Å²) in [4.78, 5) is 40.6. The molecule has 3 rings (SSSR count). The highest BCUT2D eigenvalue weighted by molar-refractivity contribution is 5.84. The third-order valence-corrected chi connectivity index (χ3v) is 4.15. The molecule has 0 fully saturated rings. The predicted molar refractivity (Wildman–Crippen MR) is 106 cm³/mol. The van der Waals surface area contributed by atoms with Crippen LogP contribution in [0.25, 0.3) is 5.65 Å². The SMILES string of the molecule is Cc1cccn2c(=O)cc(COC(=O)[C@H](C)NC(=O)COc3ccccc3)nc12. The predicted octanol–water partition coefficient (Wildman–Crippen LogP) is 1.63. The Morgan fingerprint density at radius 2 is 1.93 bits per heavy atom. The minimum Gasteiger partial charge on any atom is -0.484 e. The second-order valence-electron chi connectivity index (χ2n) is 6.47. The number of nitrogens with zero attached hydrogens (tertiary/aromatic N) is 2. The third-order valence-electron chi connectivity index (χ3n) is 4.15. The largest absolute Gasteiger partial charge is 0.484 e. The lowest BCUT2D eigenvalue weighted by Crippen LogP contribution is -2.41. The van der Waals surface area contributed by atoms with E-state index in [9.17, 15) is 14.4 Å². The summed E-state index contributed by atoms with van der Waals surface area (Å²) in [7, 11) is 0. The van der Waals surface area contributed by atoms with E-state index in [2.05, 4.69) is 10.3 Å². The molecule has 2 heterocycles. The molecular weight excluding hydrogens is 374 g/mol. The minimum absolute atomic E-state index is 0.167. The second-order valence-corrected chi connectivity index (χ2v) is 6.47. The van der Waals surface area contributed by atoms with Gasteiger partial charge in [-0.15, -0.1) is 0 Å². The van der Waals surface area contributed by atoms with Crippen molar-refractivity contribution in [3.8, 4) is 5.75 Å². The van der Waals surface area contributed by atoms with Gasteiger partial charge in [-0.05, 0) is 37.6 Å². The number of aryl methyl sites for hydroxylation is 1. The first kappa shape index (κ1) is 20.1. The summed E-state index contributed by atoms with van der Waals surface area (Å²) in [5.41, 5.74) is 1.41. The Kier molecular flexibility index (Phi) is 6.23. The van der Waals surface area contributed by atoms with E-state index in [1.807, 2.05) is 19.1 Å². The zero-order valence-electron chi connectivity index (χ0n) is 16.1. The number of amides is 1. The average molecular weight is 395 g/mol. The van der Waals surface area contributed by atoms with Gasteiger partial charge in [0.15, 0.2) is 6.61 Å². The van der Waals surface area contributed by atoms with Crippen LogP contribution in [0.15, 0.2) is 59.5 Å². The number of ether oxygens (including phenoxy) is 2. The lowest BCUT2D eigenvalue weighted by atomic mass is 10.3. The number of aromatic nitrogens is 2. The fourth-order valence-electron chi connectivity index (χ4n) is 2.66. The number of fused-ring (bicyclic) bond motifs is 1. The van der Waals surface area contributed by atoms with E-state index < -0.39 is 17.9 Å². The first-order chi connectivity index (χ1) is 13.9. The molecule has 0 unspecified atom stereocenters. The van der Waals surface area contributed by atoms with Gasteiger partial charge < -0.3 is 14.8 Å². The van der Waals surface area contributed by atoms with Crippen LogP contribution in [0.3, 0.4) is 0 Å². The highest BCUT2D eigenvalue weighted by atomic mass is 16.5. The summed E-state index contributed by atoms with van der Waals surface area (Å²) in [5, 5.41) is 2.51. The molecule has 1 atom stereocenters. The Morgan fingerprint density at radius 3 is 2.69 bits per heavy atom. The Hall–Kier alpha value is -3.68. The number of rotatable bonds is 7. The number of esters is 1. The summed E-state index contributed by atoms with van der Waals surface area (Å²) < 4.78 is 12.0. The minimum atomic E-state index is -0.870. The molecule has 8 heteroatoms. The number of benzene rings is 1. The van der Waals surface area contributed by atoms with E-state index in [4.69, 9.17) is 9.47 Å². The molecule has 1 aromatic carbocycles. The first-order valence-corrected chi connectivity index (χ1v) is 9.06. The molecule has 8 nitrogen and oxygen atoms in total. The zero-order chi connectivity index (χ0) is 20.8. The molecule has 0 aliphatic heterocycles. The van der Waals surface area contributed by atoms with E-state index in [-0.39, 0.29) is 18.8 Å².